The first kappa shape index (κ1) is 11.7. The van der Waals surface area contributed by atoms with Crippen molar-refractivity contribution in [2.24, 2.45) is 0 Å². The van der Waals surface area contributed by atoms with Crippen LogP contribution in [0, 0.1) is 6.92 Å². The lowest BCUT2D eigenvalue weighted by Gasteiger charge is -2.10. The molecule has 1 unspecified atom stereocenters. The molecule has 1 N–H and O–H groups in total. The van der Waals surface area contributed by atoms with E-state index in [2.05, 4.69) is 18.5 Å². The van der Waals surface area contributed by atoms with Gasteiger partial charge in [-0.05, 0) is 51.0 Å². The van der Waals surface area contributed by atoms with Gasteiger partial charge in [-0.2, -0.15) is 11.8 Å². The number of furan rings is 1. The summed E-state index contributed by atoms with van der Waals surface area (Å²) in [5.41, 5.74) is 0. The highest BCUT2D eigenvalue weighted by Gasteiger charge is 2.07. The number of rotatable bonds is 6. The highest BCUT2D eigenvalue weighted by Crippen LogP contribution is 2.15. The van der Waals surface area contributed by atoms with Crippen LogP contribution in [0.25, 0.3) is 0 Å². The smallest absolute Gasteiger partial charge is 0.120 e. The van der Waals surface area contributed by atoms with Gasteiger partial charge in [-0.15, -0.1) is 0 Å². The third kappa shape index (κ3) is 3.76. The van der Waals surface area contributed by atoms with Crippen molar-refractivity contribution in [2.45, 2.75) is 26.3 Å². The zero-order valence-electron chi connectivity index (χ0n) is 9.17. The fourth-order valence-electron chi connectivity index (χ4n) is 1.32. The normalized spacial score (nSPS) is 13.1. The molecule has 14 heavy (non-hydrogen) atoms. The third-order valence-corrected chi connectivity index (χ3v) is 2.86. The van der Waals surface area contributed by atoms with Gasteiger partial charge >= 0.3 is 0 Å². The maximum atomic E-state index is 5.53. The Morgan fingerprint density at radius 1 is 1.50 bits per heavy atom. The molecule has 1 rings (SSSR count). The number of nitrogens with one attached hydrogen (secondary N) is 1. The summed E-state index contributed by atoms with van der Waals surface area (Å²) < 4.78 is 5.53. The van der Waals surface area contributed by atoms with Crippen molar-refractivity contribution in [1.82, 2.24) is 5.32 Å². The first-order valence-corrected chi connectivity index (χ1v) is 6.42. The van der Waals surface area contributed by atoms with Gasteiger partial charge in [0.25, 0.3) is 0 Å². The van der Waals surface area contributed by atoms with E-state index in [9.17, 15) is 0 Å². The summed E-state index contributed by atoms with van der Waals surface area (Å²) in [4.78, 5) is 0. The van der Waals surface area contributed by atoms with Gasteiger partial charge in [-0.25, -0.2) is 0 Å². The molecule has 0 saturated carbocycles. The molecule has 0 aliphatic heterocycles. The molecular weight excluding hydrogens is 194 g/mol. The van der Waals surface area contributed by atoms with Crippen LogP contribution in [0.5, 0.6) is 0 Å². The predicted octanol–water partition coefficient (Wildman–Crippen LogP) is 2.99. The first-order valence-electron chi connectivity index (χ1n) is 5.02. The fraction of sp³-hybridized carbons (Fsp3) is 0.636. The van der Waals surface area contributed by atoms with Gasteiger partial charge < -0.3 is 9.73 Å². The Morgan fingerprint density at radius 2 is 2.29 bits per heavy atom. The standard InChI is InChI=1S/C11H19NOS/c1-9-5-6-11(13-9)10(2)12-7-4-8-14-3/h5-6,10,12H,4,7-8H2,1-3H3. The molecule has 0 aliphatic rings. The van der Waals surface area contributed by atoms with E-state index in [1.807, 2.05) is 30.8 Å². The Hall–Kier alpha value is -0.410. The van der Waals surface area contributed by atoms with Gasteiger partial charge in [0.15, 0.2) is 0 Å². The van der Waals surface area contributed by atoms with Gasteiger partial charge in [-0.3, -0.25) is 0 Å². The zero-order chi connectivity index (χ0) is 10.4. The summed E-state index contributed by atoms with van der Waals surface area (Å²) in [6, 6.07) is 4.38. The minimum absolute atomic E-state index is 0.325. The Kier molecular flexibility index (Phi) is 5.12. The molecule has 3 heteroatoms. The van der Waals surface area contributed by atoms with Crippen LogP contribution >= 0.6 is 11.8 Å². The lowest BCUT2D eigenvalue weighted by Crippen LogP contribution is -2.19. The van der Waals surface area contributed by atoms with Crippen LogP contribution in [0.2, 0.25) is 0 Å². The summed E-state index contributed by atoms with van der Waals surface area (Å²) in [6.45, 7) is 5.17. The fourth-order valence-corrected chi connectivity index (χ4v) is 1.75. The Balaban J connectivity index is 2.25. The van der Waals surface area contributed by atoms with Crippen molar-refractivity contribution in [3.05, 3.63) is 23.7 Å². The van der Waals surface area contributed by atoms with Crippen molar-refractivity contribution >= 4 is 11.8 Å². The molecule has 0 bridgehead atoms. The quantitative estimate of drug-likeness (QED) is 0.735. The van der Waals surface area contributed by atoms with Gasteiger partial charge in [0, 0.05) is 0 Å². The van der Waals surface area contributed by atoms with Crippen LogP contribution < -0.4 is 5.32 Å². The Bertz CT molecular complexity index is 260. The van der Waals surface area contributed by atoms with E-state index in [0.29, 0.717) is 6.04 Å². The van der Waals surface area contributed by atoms with Crippen LogP contribution in [-0.2, 0) is 0 Å². The molecule has 0 fully saturated rings. The van der Waals surface area contributed by atoms with E-state index in [0.717, 1.165) is 18.1 Å². The summed E-state index contributed by atoms with van der Waals surface area (Å²) in [6.07, 6.45) is 3.35. The van der Waals surface area contributed by atoms with E-state index in [4.69, 9.17) is 4.42 Å². The number of aryl methyl sites for hydroxylation is 1. The van der Waals surface area contributed by atoms with Gasteiger partial charge in [0.1, 0.15) is 11.5 Å². The third-order valence-electron chi connectivity index (χ3n) is 2.16. The van der Waals surface area contributed by atoms with Gasteiger partial charge in [0.2, 0.25) is 0 Å². The summed E-state index contributed by atoms with van der Waals surface area (Å²) in [7, 11) is 0. The Labute approximate surface area is 90.5 Å². The average molecular weight is 213 g/mol. The van der Waals surface area contributed by atoms with Crippen molar-refractivity contribution in [2.75, 3.05) is 18.6 Å². The first-order chi connectivity index (χ1) is 6.74. The van der Waals surface area contributed by atoms with Crippen LogP contribution in [0.3, 0.4) is 0 Å². The van der Waals surface area contributed by atoms with Crippen LogP contribution in [0.4, 0.5) is 0 Å². The molecule has 1 aromatic rings. The summed E-state index contributed by atoms with van der Waals surface area (Å²) >= 11 is 1.89. The molecule has 0 aliphatic carbocycles. The largest absolute Gasteiger partial charge is 0.465 e. The molecule has 2 nitrogen and oxygen atoms in total. The molecule has 80 valence electrons. The maximum absolute atomic E-state index is 5.53. The van der Waals surface area contributed by atoms with Crippen molar-refractivity contribution in [3.63, 3.8) is 0 Å². The van der Waals surface area contributed by atoms with E-state index in [-0.39, 0.29) is 0 Å². The topological polar surface area (TPSA) is 25.2 Å². The van der Waals surface area contributed by atoms with E-state index in [1.165, 1.54) is 12.2 Å². The van der Waals surface area contributed by atoms with E-state index in [1.54, 1.807) is 0 Å². The number of thioether (sulfide) groups is 1. The molecular formula is C11H19NOS. The number of hydrogen-bond acceptors (Lipinski definition) is 3. The predicted molar refractivity (Wildman–Crippen MR) is 62.9 cm³/mol. The van der Waals surface area contributed by atoms with Gasteiger partial charge in [-0.1, -0.05) is 0 Å². The lowest BCUT2D eigenvalue weighted by molar-refractivity contribution is 0.417. The number of hydrogen-bond donors (Lipinski definition) is 1. The summed E-state index contributed by atoms with van der Waals surface area (Å²) in [5.74, 6) is 3.24. The van der Waals surface area contributed by atoms with Crippen molar-refractivity contribution in [3.8, 4) is 0 Å². The van der Waals surface area contributed by atoms with Crippen LogP contribution in [0.1, 0.15) is 30.9 Å². The maximum Gasteiger partial charge on any atom is 0.120 e. The molecule has 0 aromatic carbocycles. The molecule has 0 amide bonds. The van der Waals surface area contributed by atoms with E-state index >= 15 is 0 Å². The second kappa shape index (κ2) is 6.14. The summed E-state index contributed by atoms with van der Waals surface area (Å²) in [5, 5.41) is 3.44. The van der Waals surface area contributed by atoms with Crippen LogP contribution in [0.15, 0.2) is 16.5 Å². The molecule has 0 spiro atoms. The second-order valence-corrected chi connectivity index (χ2v) is 4.46. The van der Waals surface area contributed by atoms with Crippen molar-refractivity contribution in [1.29, 1.82) is 0 Å². The van der Waals surface area contributed by atoms with E-state index < -0.39 is 0 Å². The molecule has 0 radical (unpaired) electrons. The van der Waals surface area contributed by atoms with Crippen molar-refractivity contribution < 1.29 is 4.42 Å². The zero-order valence-corrected chi connectivity index (χ0v) is 9.99. The molecule has 1 atom stereocenters. The second-order valence-electron chi connectivity index (χ2n) is 3.47. The Morgan fingerprint density at radius 3 is 2.86 bits per heavy atom. The minimum Gasteiger partial charge on any atom is -0.465 e. The highest BCUT2D eigenvalue weighted by molar-refractivity contribution is 7.98. The lowest BCUT2D eigenvalue weighted by atomic mass is 10.2. The molecule has 1 aromatic heterocycles. The van der Waals surface area contributed by atoms with Gasteiger partial charge in [0.05, 0.1) is 6.04 Å². The van der Waals surface area contributed by atoms with Crippen LogP contribution in [-0.4, -0.2) is 18.6 Å². The monoisotopic (exact) mass is 213 g/mol. The SMILES string of the molecule is CSCCCNC(C)c1ccc(C)o1. The molecule has 0 saturated heterocycles. The molecule has 1 heterocycles. The minimum atomic E-state index is 0.325. The highest BCUT2D eigenvalue weighted by atomic mass is 32.2. The average Bonchev–Trinajstić information content (AvgIpc) is 2.59.